The predicted octanol–water partition coefficient (Wildman–Crippen LogP) is 1.67. The number of pyridine rings is 1. The number of aromatic nitrogens is 1. The first-order valence-corrected chi connectivity index (χ1v) is 3.28. The van der Waals surface area contributed by atoms with Gasteiger partial charge in [-0.05, 0) is 26.0 Å². The highest BCUT2D eigenvalue weighted by molar-refractivity contribution is 5.13. The molecule has 10 heavy (non-hydrogen) atoms. The summed E-state index contributed by atoms with van der Waals surface area (Å²) in [5, 5.41) is 0. The van der Waals surface area contributed by atoms with Gasteiger partial charge in [-0.1, -0.05) is 0 Å². The van der Waals surface area contributed by atoms with Crippen molar-refractivity contribution in [2.75, 3.05) is 0 Å². The molecule has 0 N–H and O–H groups in total. The average molecular weight is 136 g/mol. The van der Waals surface area contributed by atoms with E-state index in [1.54, 1.807) is 6.20 Å². The maximum absolute atomic E-state index is 5.30. The summed E-state index contributed by atoms with van der Waals surface area (Å²) in [6.07, 6.45) is 4.60. The molecule has 0 atom stereocenters. The Morgan fingerprint density at radius 1 is 1.60 bits per heavy atom. The molecule has 0 aromatic carbocycles. The van der Waals surface area contributed by atoms with Crippen LogP contribution in [0.1, 0.15) is 13.8 Å². The van der Waals surface area contributed by atoms with Crippen molar-refractivity contribution < 1.29 is 4.74 Å². The molecule has 2 nitrogen and oxygen atoms in total. The van der Waals surface area contributed by atoms with Crippen molar-refractivity contribution in [2.45, 2.75) is 20.0 Å². The van der Waals surface area contributed by atoms with Gasteiger partial charge >= 0.3 is 0 Å². The standard InChI is InChI=1S/C8H10NO/c1-7(2)10-8-4-3-5-9-6-8/h3-5,7H,1-2H3. The van der Waals surface area contributed by atoms with E-state index in [9.17, 15) is 0 Å². The van der Waals surface area contributed by atoms with E-state index in [1.807, 2.05) is 26.0 Å². The van der Waals surface area contributed by atoms with E-state index in [0.29, 0.717) is 5.75 Å². The fourth-order valence-electron chi connectivity index (χ4n) is 0.631. The second-order valence-corrected chi connectivity index (χ2v) is 2.28. The number of rotatable bonds is 2. The van der Waals surface area contributed by atoms with Gasteiger partial charge in [0.1, 0.15) is 11.9 Å². The minimum Gasteiger partial charge on any atom is -0.489 e. The molecule has 0 fully saturated rings. The maximum Gasteiger partial charge on any atom is 0.147 e. The molecule has 53 valence electrons. The summed E-state index contributed by atoms with van der Waals surface area (Å²) in [5.74, 6) is 0.706. The molecule has 0 bridgehead atoms. The van der Waals surface area contributed by atoms with Gasteiger partial charge in [0, 0.05) is 6.20 Å². The second kappa shape index (κ2) is 3.20. The Balaban J connectivity index is 2.59. The van der Waals surface area contributed by atoms with Gasteiger partial charge in [-0.25, -0.2) is 0 Å². The molecule has 0 saturated carbocycles. The van der Waals surface area contributed by atoms with Gasteiger partial charge in [0.05, 0.1) is 6.10 Å². The Morgan fingerprint density at radius 2 is 2.40 bits per heavy atom. The van der Waals surface area contributed by atoms with Crippen molar-refractivity contribution >= 4 is 0 Å². The van der Waals surface area contributed by atoms with Crippen molar-refractivity contribution in [1.82, 2.24) is 4.98 Å². The minimum atomic E-state index is 0.195. The molecule has 0 aliphatic heterocycles. The average Bonchev–Trinajstić information content (AvgIpc) is 1.88. The van der Waals surface area contributed by atoms with Crippen LogP contribution in [0.3, 0.4) is 0 Å². The van der Waals surface area contributed by atoms with E-state index >= 15 is 0 Å². The molecule has 1 heterocycles. The van der Waals surface area contributed by atoms with Gasteiger partial charge in [-0.15, -0.1) is 0 Å². The van der Waals surface area contributed by atoms with Crippen LogP contribution in [0, 0.1) is 6.20 Å². The van der Waals surface area contributed by atoms with E-state index < -0.39 is 0 Å². The van der Waals surface area contributed by atoms with E-state index in [1.165, 1.54) is 0 Å². The second-order valence-electron chi connectivity index (χ2n) is 2.28. The van der Waals surface area contributed by atoms with Gasteiger partial charge < -0.3 is 4.74 Å². The summed E-state index contributed by atoms with van der Waals surface area (Å²) in [7, 11) is 0. The lowest BCUT2D eigenvalue weighted by atomic mass is 10.4. The first-order valence-electron chi connectivity index (χ1n) is 3.28. The molecule has 0 unspecified atom stereocenters. The van der Waals surface area contributed by atoms with Crippen LogP contribution in [0.15, 0.2) is 18.3 Å². The molecule has 0 saturated heterocycles. The first kappa shape index (κ1) is 7.06. The topological polar surface area (TPSA) is 22.1 Å². The fourth-order valence-corrected chi connectivity index (χ4v) is 0.631. The van der Waals surface area contributed by atoms with Crippen molar-refractivity contribution in [3.05, 3.63) is 24.5 Å². The molecule has 1 aromatic heterocycles. The maximum atomic E-state index is 5.30. The molecule has 1 aromatic rings. The third-order valence-corrected chi connectivity index (χ3v) is 0.946. The lowest BCUT2D eigenvalue weighted by Gasteiger charge is -2.06. The van der Waals surface area contributed by atoms with Crippen LogP contribution in [0.2, 0.25) is 0 Å². The number of ether oxygens (including phenoxy) is 1. The largest absolute Gasteiger partial charge is 0.489 e. The smallest absolute Gasteiger partial charge is 0.147 e. The van der Waals surface area contributed by atoms with Gasteiger partial charge in [-0.2, -0.15) is 0 Å². The van der Waals surface area contributed by atoms with Crippen molar-refractivity contribution in [1.29, 1.82) is 0 Å². The lowest BCUT2D eigenvalue weighted by molar-refractivity contribution is 0.241. The zero-order valence-electron chi connectivity index (χ0n) is 6.16. The summed E-state index contributed by atoms with van der Waals surface area (Å²) < 4.78 is 5.30. The van der Waals surface area contributed by atoms with Crippen LogP contribution in [-0.4, -0.2) is 11.1 Å². The van der Waals surface area contributed by atoms with Crippen LogP contribution in [0.4, 0.5) is 0 Å². The SMILES string of the molecule is CC(C)Oc1[c]nccc1. The number of hydrogen-bond acceptors (Lipinski definition) is 2. The summed E-state index contributed by atoms with van der Waals surface area (Å²) in [4.78, 5) is 3.79. The zero-order chi connectivity index (χ0) is 7.40. The Kier molecular flexibility index (Phi) is 2.26. The highest BCUT2D eigenvalue weighted by Crippen LogP contribution is 2.06. The van der Waals surface area contributed by atoms with Gasteiger partial charge in [-0.3, -0.25) is 4.98 Å². The monoisotopic (exact) mass is 136 g/mol. The summed E-state index contributed by atoms with van der Waals surface area (Å²) in [5.41, 5.74) is 0. The van der Waals surface area contributed by atoms with Gasteiger partial charge in [0.2, 0.25) is 0 Å². The van der Waals surface area contributed by atoms with Gasteiger partial charge in [0.25, 0.3) is 0 Å². The van der Waals surface area contributed by atoms with Crippen LogP contribution in [0.5, 0.6) is 5.75 Å². The quantitative estimate of drug-likeness (QED) is 0.617. The Bertz CT molecular complexity index is 184. The molecular weight excluding hydrogens is 126 g/mol. The van der Waals surface area contributed by atoms with E-state index in [0.717, 1.165) is 0 Å². The zero-order valence-corrected chi connectivity index (χ0v) is 6.16. The Morgan fingerprint density at radius 3 is 2.90 bits per heavy atom. The first-order chi connectivity index (χ1) is 4.79. The molecule has 0 aliphatic carbocycles. The van der Waals surface area contributed by atoms with Crippen LogP contribution in [-0.2, 0) is 0 Å². The van der Waals surface area contributed by atoms with Crippen molar-refractivity contribution in [2.24, 2.45) is 0 Å². The highest BCUT2D eigenvalue weighted by atomic mass is 16.5. The van der Waals surface area contributed by atoms with Crippen molar-refractivity contribution in [3.63, 3.8) is 0 Å². The summed E-state index contributed by atoms with van der Waals surface area (Å²) >= 11 is 0. The third-order valence-electron chi connectivity index (χ3n) is 0.946. The number of nitrogens with zero attached hydrogens (tertiary/aromatic N) is 1. The molecular formula is C8H10NO. The van der Waals surface area contributed by atoms with Crippen molar-refractivity contribution in [3.8, 4) is 5.75 Å². The molecule has 0 amide bonds. The summed E-state index contributed by atoms with van der Waals surface area (Å²) in [6, 6.07) is 3.67. The van der Waals surface area contributed by atoms with Crippen LogP contribution >= 0.6 is 0 Å². The molecule has 0 aliphatic rings. The Labute approximate surface area is 60.9 Å². The van der Waals surface area contributed by atoms with Crippen LogP contribution in [0.25, 0.3) is 0 Å². The normalized spacial score (nSPS) is 9.90. The number of hydrogen-bond donors (Lipinski definition) is 0. The summed E-state index contributed by atoms with van der Waals surface area (Å²) in [6.45, 7) is 3.95. The molecule has 2 heteroatoms. The molecule has 0 spiro atoms. The predicted molar refractivity (Wildman–Crippen MR) is 38.8 cm³/mol. The Hall–Kier alpha value is -1.05. The lowest BCUT2D eigenvalue weighted by Crippen LogP contribution is -2.05. The third kappa shape index (κ3) is 2.05. The van der Waals surface area contributed by atoms with E-state index in [2.05, 4.69) is 11.2 Å². The van der Waals surface area contributed by atoms with E-state index in [-0.39, 0.29) is 6.10 Å². The van der Waals surface area contributed by atoms with E-state index in [4.69, 9.17) is 4.74 Å². The van der Waals surface area contributed by atoms with Gasteiger partial charge in [0.15, 0.2) is 0 Å². The highest BCUT2D eigenvalue weighted by Gasteiger charge is 1.94. The minimum absolute atomic E-state index is 0.195. The molecule has 1 rings (SSSR count). The van der Waals surface area contributed by atoms with Crippen LogP contribution < -0.4 is 4.74 Å². The molecule has 1 radical (unpaired) electrons. The fraction of sp³-hybridized carbons (Fsp3) is 0.375.